The minimum Gasteiger partial charge on any atom is -0.495 e. The highest BCUT2D eigenvalue weighted by molar-refractivity contribution is 7.92. The van der Waals surface area contributed by atoms with Crippen LogP contribution in [-0.2, 0) is 10.0 Å². The molecule has 0 aromatic heterocycles. The number of anilines is 1. The van der Waals surface area contributed by atoms with E-state index >= 15 is 0 Å². The van der Waals surface area contributed by atoms with Crippen molar-refractivity contribution in [3.05, 3.63) is 52.3 Å². The van der Waals surface area contributed by atoms with Crippen molar-refractivity contribution in [1.29, 1.82) is 0 Å². The van der Waals surface area contributed by atoms with Crippen molar-refractivity contribution in [2.45, 2.75) is 4.90 Å². The zero-order valence-electron chi connectivity index (χ0n) is 10.7. The molecule has 4 nitrogen and oxygen atoms in total. The second-order valence-corrected chi connectivity index (χ2v) is 6.52. The summed E-state index contributed by atoms with van der Waals surface area (Å²) in [7, 11) is -2.60. The van der Waals surface area contributed by atoms with Gasteiger partial charge in [-0.2, -0.15) is 0 Å². The zero-order valence-corrected chi connectivity index (χ0v) is 13.1. The van der Waals surface area contributed by atoms with Crippen LogP contribution in [0.5, 0.6) is 5.75 Å². The molecule has 0 fully saturated rings. The van der Waals surface area contributed by atoms with E-state index < -0.39 is 15.8 Å². The topological polar surface area (TPSA) is 55.4 Å². The van der Waals surface area contributed by atoms with Gasteiger partial charge >= 0.3 is 0 Å². The van der Waals surface area contributed by atoms with E-state index in [0.717, 1.165) is 18.2 Å². The maximum Gasteiger partial charge on any atom is 0.263 e. The number of ether oxygens (including phenoxy) is 1. The molecule has 0 aliphatic rings. The zero-order chi connectivity index (χ0) is 15.6. The van der Waals surface area contributed by atoms with Crippen molar-refractivity contribution >= 4 is 38.9 Å². The molecule has 0 aliphatic carbocycles. The van der Waals surface area contributed by atoms with E-state index in [-0.39, 0.29) is 15.6 Å². The van der Waals surface area contributed by atoms with Gasteiger partial charge < -0.3 is 4.74 Å². The molecule has 8 heteroatoms. The monoisotopic (exact) mass is 349 g/mol. The third kappa shape index (κ3) is 3.58. The van der Waals surface area contributed by atoms with Gasteiger partial charge in [0, 0.05) is 5.02 Å². The lowest BCUT2D eigenvalue weighted by atomic mass is 10.3. The van der Waals surface area contributed by atoms with Gasteiger partial charge in [0.2, 0.25) is 0 Å². The van der Waals surface area contributed by atoms with Gasteiger partial charge in [-0.3, -0.25) is 4.72 Å². The van der Waals surface area contributed by atoms with E-state index in [0.29, 0.717) is 10.8 Å². The molecule has 21 heavy (non-hydrogen) atoms. The van der Waals surface area contributed by atoms with Gasteiger partial charge in [0.25, 0.3) is 10.0 Å². The van der Waals surface area contributed by atoms with Gasteiger partial charge in [-0.25, -0.2) is 12.8 Å². The number of nitrogens with one attached hydrogen (secondary N) is 1. The van der Waals surface area contributed by atoms with Crippen molar-refractivity contribution < 1.29 is 17.5 Å². The van der Waals surface area contributed by atoms with Gasteiger partial charge in [0.05, 0.1) is 17.8 Å². The van der Waals surface area contributed by atoms with Crippen molar-refractivity contribution in [3.8, 4) is 5.75 Å². The Labute approximate surface area is 131 Å². The Hall–Kier alpha value is -1.50. The first-order valence-corrected chi connectivity index (χ1v) is 7.89. The maximum atomic E-state index is 13.0. The Morgan fingerprint density at radius 1 is 1.14 bits per heavy atom. The molecule has 0 unspecified atom stereocenters. The molecule has 0 aliphatic heterocycles. The largest absolute Gasteiger partial charge is 0.495 e. The summed E-state index contributed by atoms with van der Waals surface area (Å²) < 4.78 is 45.0. The second kappa shape index (κ2) is 6.09. The molecule has 2 aromatic rings. The van der Waals surface area contributed by atoms with Crippen LogP contribution in [0.15, 0.2) is 41.3 Å². The molecule has 0 heterocycles. The van der Waals surface area contributed by atoms with Gasteiger partial charge in [0.15, 0.2) is 0 Å². The first-order valence-electron chi connectivity index (χ1n) is 5.65. The van der Waals surface area contributed by atoms with Crippen LogP contribution in [-0.4, -0.2) is 15.5 Å². The third-order valence-electron chi connectivity index (χ3n) is 2.59. The van der Waals surface area contributed by atoms with Gasteiger partial charge in [-0.05, 0) is 36.4 Å². The summed E-state index contributed by atoms with van der Waals surface area (Å²) in [5, 5.41) is 0.113. The van der Waals surface area contributed by atoms with Gasteiger partial charge in [-0.1, -0.05) is 23.2 Å². The minimum atomic E-state index is -4.00. The summed E-state index contributed by atoms with van der Waals surface area (Å²) in [6, 6.07) is 7.49. The molecule has 0 saturated heterocycles. The molecule has 0 saturated carbocycles. The van der Waals surface area contributed by atoms with E-state index in [4.69, 9.17) is 27.9 Å². The number of halogens is 3. The second-order valence-electron chi connectivity index (χ2n) is 4.02. The van der Waals surface area contributed by atoms with Crippen LogP contribution in [0.3, 0.4) is 0 Å². The number of sulfonamides is 1. The van der Waals surface area contributed by atoms with E-state index in [1.165, 1.54) is 19.2 Å². The summed E-state index contributed by atoms with van der Waals surface area (Å²) in [5.74, 6) is -0.333. The van der Waals surface area contributed by atoms with Gasteiger partial charge in [-0.15, -0.1) is 0 Å². The fourth-order valence-electron chi connectivity index (χ4n) is 1.65. The molecular formula is C13H10Cl2FNO3S. The third-order valence-corrected chi connectivity index (χ3v) is 4.67. The maximum absolute atomic E-state index is 13.0. The Balaban J connectivity index is 2.44. The van der Waals surface area contributed by atoms with Crippen LogP contribution >= 0.6 is 23.2 Å². The van der Waals surface area contributed by atoms with Crippen LogP contribution in [0.1, 0.15) is 0 Å². The van der Waals surface area contributed by atoms with Crippen LogP contribution in [0, 0.1) is 5.82 Å². The Morgan fingerprint density at radius 2 is 1.86 bits per heavy atom. The lowest BCUT2D eigenvalue weighted by Crippen LogP contribution is -2.14. The highest BCUT2D eigenvalue weighted by Gasteiger charge is 2.20. The highest BCUT2D eigenvalue weighted by Crippen LogP contribution is 2.31. The molecule has 112 valence electrons. The van der Waals surface area contributed by atoms with Crippen molar-refractivity contribution in [3.63, 3.8) is 0 Å². The molecule has 1 N–H and O–H groups in total. The summed E-state index contributed by atoms with van der Waals surface area (Å²) in [6.07, 6.45) is 0. The van der Waals surface area contributed by atoms with Crippen LogP contribution in [0.25, 0.3) is 0 Å². The predicted molar refractivity (Wildman–Crippen MR) is 80.2 cm³/mol. The summed E-state index contributed by atoms with van der Waals surface area (Å²) in [5.41, 5.74) is 0.158. The van der Waals surface area contributed by atoms with E-state index in [1.807, 2.05) is 0 Å². The first kappa shape index (κ1) is 15.9. The number of hydrogen-bond acceptors (Lipinski definition) is 3. The average molecular weight is 350 g/mol. The fourth-order valence-corrected chi connectivity index (χ4v) is 3.42. The Morgan fingerprint density at radius 3 is 2.48 bits per heavy atom. The standard InChI is InChI=1S/C13H10Cl2FNO3S/c1-20-12-4-2-8(14)6-11(12)17-21(18,19)13-5-3-9(16)7-10(13)15/h2-7,17H,1H3. The molecule has 2 rings (SSSR count). The normalized spacial score (nSPS) is 11.2. The minimum absolute atomic E-state index is 0.158. The quantitative estimate of drug-likeness (QED) is 0.909. The Kier molecular flexibility index (Phi) is 4.61. The highest BCUT2D eigenvalue weighted by atomic mass is 35.5. The summed E-state index contributed by atoms with van der Waals surface area (Å²) in [6.45, 7) is 0. The van der Waals surface area contributed by atoms with Crippen molar-refractivity contribution in [2.75, 3.05) is 11.8 Å². The van der Waals surface area contributed by atoms with Crippen LogP contribution in [0.4, 0.5) is 10.1 Å². The average Bonchev–Trinajstić information content (AvgIpc) is 2.37. The number of benzene rings is 2. The molecular weight excluding hydrogens is 340 g/mol. The molecule has 0 amide bonds. The van der Waals surface area contributed by atoms with E-state index in [1.54, 1.807) is 6.07 Å². The Bertz CT molecular complexity index is 781. The molecule has 0 atom stereocenters. The SMILES string of the molecule is COc1ccc(Cl)cc1NS(=O)(=O)c1ccc(F)cc1Cl. The molecule has 0 bridgehead atoms. The number of rotatable bonds is 4. The lowest BCUT2D eigenvalue weighted by Gasteiger charge is -2.13. The number of hydrogen-bond donors (Lipinski definition) is 1. The molecule has 0 radical (unpaired) electrons. The summed E-state index contributed by atoms with van der Waals surface area (Å²) >= 11 is 11.6. The molecule has 2 aromatic carbocycles. The van der Waals surface area contributed by atoms with Gasteiger partial charge in [0.1, 0.15) is 16.5 Å². The summed E-state index contributed by atoms with van der Waals surface area (Å²) in [4.78, 5) is -0.243. The van der Waals surface area contributed by atoms with Crippen LogP contribution < -0.4 is 9.46 Å². The van der Waals surface area contributed by atoms with Crippen molar-refractivity contribution in [2.24, 2.45) is 0 Å². The molecule has 0 spiro atoms. The number of methoxy groups -OCH3 is 1. The predicted octanol–water partition coefficient (Wildman–Crippen LogP) is 3.94. The van der Waals surface area contributed by atoms with Crippen LogP contribution in [0.2, 0.25) is 10.0 Å². The first-order chi connectivity index (χ1) is 9.83. The fraction of sp³-hybridized carbons (Fsp3) is 0.0769. The smallest absolute Gasteiger partial charge is 0.263 e. The lowest BCUT2D eigenvalue weighted by molar-refractivity contribution is 0.417. The van der Waals surface area contributed by atoms with E-state index in [9.17, 15) is 12.8 Å². The van der Waals surface area contributed by atoms with Crippen molar-refractivity contribution in [1.82, 2.24) is 0 Å². The van der Waals surface area contributed by atoms with E-state index in [2.05, 4.69) is 4.72 Å².